The number of amides is 3. The fourth-order valence-electron chi connectivity index (χ4n) is 5.91. The minimum absolute atomic E-state index is 0.0779. The molecule has 3 heterocycles. The second kappa shape index (κ2) is 8.15. The molecule has 3 aliphatic rings. The Bertz CT molecular complexity index is 948. The molecule has 0 aliphatic carbocycles. The van der Waals surface area contributed by atoms with Crippen molar-refractivity contribution in [1.82, 2.24) is 10.2 Å². The Hall–Kier alpha value is -2.45. The second-order valence-corrected chi connectivity index (χ2v) is 9.72. The number of rotatable bonds is 6. The summed E-state index contributed by atoms with van der Waals surface area (Å²) >= 11 is 0. The van der Waals surface area contributed by atoms with Crippen molar-refractivity contribution in [3.05, 3.63) is 29.3 Å². The summed E-state index contributed by atoms with van der Waals surface area (Å²) in [6.45, 7) is 7.42. The van der Waals surface area contributed by atoms with Gasteiger partial charge in [0.05, 0.1) is 30.6 Å². The van der Waals surface area contributed by atoms with Gasteiger partial charge in [0.25, 0.3) is 0 Å². The number of hydrogen-bond donors (Lipinski definition) is 3. The molecule has 6 atom stereocenters. The number of carbonyl (C=O) groups excluding carboxylic acids is 3. The van der Waals surface area contributed by atoms with E-state index >= 15 is 0 Å². The normalized spacial score (nSPS) is 31.7. The molecule has 3 saturated heterocycles. The lowest BCUT2D eigenvalue weighted by atomic mass is 9.70. The van der Waals surface area contributed by atoms with E-state index in [0.717, 1.165) is 11.1 Å². The Balaban J connectivity index is 1.78. The molecule has 32 heavy (non-hydrogen) atoms. The lowest BCUT2D eigenvalue weighted by Crippen LogP contribution is -2.57. The summed E-state index contributed by atoms with van der Waals surface area (Å²) in [6.07, 6.45) is 0.766. The van der Waals surface area contributed by atoms with Gasteiger partial charge in [-0.25, -0.2) is 0 Å². The fraction of sp³-hybridized carbons (Fsp3) is 0.625. The molecule has 4 rings (SSSR count). The van der Waals surface area contributed by atoms with E-state index in [1.165, 1.54) is 4.90 Å². The number of ether oxygens (including phenoxy) is 1. The van der Waals surface area contributed by atoms with Crippen LogP contribution >= 0.6 is 0 Å². The Morgan fingerprint density at radius 3 is 2.62 bits per heavy atom. The van der Waals surface area contributed by atoms with Crippen molar-refractivity contribution in [2.75, 3.05) is 19.0 Å². The minimum Gasteiger partial charge on any atom is -0.394 e. The third-order valence-electron chi connectivity index (χ3n) is 7.50. The number of hydrogen-bond acceptors (Lipinski definition) is 5. The maximum absolute atomic E-state index is 13.8. The predicted molar refractivity (Wildman–Crippen MR) is 119 cm³/mol. The molecule has 2 unspecified atom stereocenters. The molecule has 8 heteroatoms. The zero-order valence-corrected chi connectivity index (χ0v) is 19.3. The van der Waals surface area contributed by atoms with Crippen molar-refractivity contribution < 1.29 is 24.2 Å². The zero-order valence-electron chi connectivity index (χ0n) is 19.3. The Morgan fingerprint density at radius 2 is 2.00 bits per heavy atom. The Morgan fingerprint density at radius 1 is 1.28 bits per heavy atom. The molecule has 3 aliphatic heterocycles. The van der Waals surface area contributed by atoms with Gasteiger partial charge in [-0.05, 0) is 49.8 Å². The largest absolute Gasteiger partial charge is 0.394 e. The van der Waals surface area contributed by atoms with E-state index in [0.29, 0.717) is 18.5 Å². The summed E-state index contributed by atoms with van der Waals surface area (Å²) in [7, 11) is 1.55. The summed E-state index contributed by atoms with van der Waals surface area (Å²) in [5.74, 6) is -2.31. The zero-order chi connectivity index (χ0) is 23.4. The van der Waals surface area contributed by atoms with Crippen LogP contribution in [0.4, 0.5) is 5.69 Å². The van der Waals surface area contributed by atoms with Crippen LogP contribution in [-0.4, -0.2) is 65.2 Å². The monoisotopic (exact) mass is 443 g/mol. The number of carbonyl (C=O) groups is 3. The SMILES string of the molecule is CNC(=O)[C@@H]1[C@@H]2CCC3(O2)C(C(=O)Nc2cc(C)ccc2C)N([C@@H](CO)C(C)C)C(=O)[C@H]13. The number of benzene rings is 1. The van der Waals surface area contributed by atoms with Crippen LogP contribution in [0.2, 0.25) is 0 Å². The van der Waals surface area contributed by atoms with E-state index in [1.807, 2.05) is 45.9 Å². The second-order valence-electron chi connectivity index (χ2n) is 9.72. The van der Waals surface area contributed by atoms with Crippen molar-refractivity contribution in [2.24, 2.45) is 17.8 Å². The molecule has 1 aromatic rings. The van der Waals surface area contributed by atoms with Crippen LogP contribution in [-0.2, 0) is 19.1 Å². The highest BCUT2D eigenvalue weighted by Gasteiger charge is 2.75. The number of nitrogens with one attached hydrogen (secondary N) is 2. The molecule has 8 nitrogen and oxygen atoms in total. The van der Waals surface area contributed by atoms with Crippen LogP contribution in [0.1, 0.15) is 37.8 Å². The molecular formula is C24H33N3O5. The van der Waals surface area contributed by atoms with E-state index < -0.39 is 29.5 Å². The smallest absolute Gasteiger partial charge is 0.250 e. The number of nitrogens with zero attached hydrogens (tertiary/aromatic N) is 1. The highest BCUT2D eigenvalue weighted by molar-refractivity contribution is 6.04. The topological polar surface area (TPSA) is 108 Å². The first-order valence-electron chi connectivity index (χ1n) is 11.4. The Kier molecular flexibility index (Phi) is 5.79. The fourth-order valence-corrected chi connectivity index (χ4v) is 5.91. The van der Waals surface area contributed by atoms with Gasteiger partial charge in [-0.2, -0.15) is 0 Å². The molecule has 0 saturated carbocycles. The highest BCUT2D eigenvalue weighted by Crippen LogP contribution is 2.59. The molecule has 0 aromatic heterocycles. The van der Waals surface area contributed by atoms with Gasteiger partial charge in [0.2, 0.25) is 17.7 Å². The summed E-state index contributed by atoms with van der Waals surface area (Å²) in [5.41, 5.74) is 1.54. The molecule has 1 aromatic carbocycles. The molecular weight excluding hydrogens is 410 g/mol. The number of aryl methyl sites for hydroxylation is 2. The average Bonchev–Trinajstić information content (AvgIpc) is 3.38. The van der Waals surface area contributed by atoms with E-state index in [9.17, 15) is 19.5 Å². The molecule has 3 amide bonds. The highest BCUT2D eigenvalue weighted by atomic mass is 16.5. The molecule has 1 spiro atoms. The Labute approximate surface area is 188 Å². The first-order valence-corrected chi connectivity index (χ1v) is 11.4. The molecule has 3 fully saturated rings. The van der Waals surface area contributed by atoms with Crippen LogP contribution < -0.4 is 10.6 Å². The molecule has 3 N–H and O–H groups in total. The summed E-state index contributed by atoms with van der Waals surface area (Å²) in [4.78, 5) is 41.8. The van der Waals surface area contributed by atoms with Crippen LogP contribution in [0.3, 0.4) is 0 Å². The number of aliphatic hydroxyl groups excluding tert-OH is 1. The van der Waals surface area contributed by atoms with E-state index in [-0.39, 0.29) is 36.4 Å². The minimum atomic E-state index is -1.07. The van der Waals surface area contributed by atoms with Gasteiger partial charge >= 0.3 is 0 Å². The van der Waals surface area contributed by atoms with Gasteiger partial charge < -0.3 is 25.4 Å². The quantitative estimate of drug-likeness (QED) is 0.616. The van der Waals surface area contributed by atoms with Gasteiger partial charge in [0.1, 0.15) is 11.6 Å². The van der Waals surface area contributed by atoms with Crippen molar-refractivity contribution >= 4 is 23.4 Å². The summed E-state index contributed by atoms with van der Waals surface area (Å²) in [5, 5.41) is 15.8. The maximum Gasteiger partial charge on any atom is 0.250 e. The third-order valence-corrected chi connectivity index (χ3v) is 7.50. The lowest BCUT2D eigenvalue weighted by molar-refractivity contribution is -0.145. The molecule has 0 radical (unpaired) electrons. The molecule has 174 valence electrons. The standard InChI is InChI=1S/C24H33N3O5/c1-12(2)16(11-28)27-20(22(30)26-15-10-13(3)6-7-14(15)4)24-9-8-17(32-24)18(21(29)25-5)19(24)23(27)31/h6-7,10,12,16-20,28H,8-9,11H2,1-5H3,(H,25,29)(H,26,30)/t16-,17-,18+,19-,20?,24?/m0/s1. The molecule has 2 bridgehead atoms. The van der Waals surface area contributed by atoms with E-state index in [2.05, 4.69) is 10.6 Å². The number of anilines is 1. The lowest BCUT2D eigenvalue weighted by Gasteiger charge is -2.38. The number of fused-ring (bicyclic) bond motifs is 1. The van der Waals surface area contributed by atoms with Crippen molar-refractivity contribution in [3.63, 3.8) is 0 Å². The van der Waals surface area contributed by atoms with Crippen molar-refractivity contribution in [3.8, 4) is 0 Å². The predicted octanol–water partition coefficient (Wildman–Crippen LogP) is 1.38. The van der Waals surface area contributed by atoms with Crippen molar-refractivity contribution in [2.45, 2.75) is 64.3 Å². The first-order chi connectivity index (χ1) is 15.2. The van der Waals surface area contributed by atoms with E-state index in [4.69, 9.17) is 4.74 Å². The van der Waals surface area contributed by atoms with Crippen LogP contribution in [0.15, 0.2) is 18.2 Å². The average molecular weight is 444 g/mol. The van der Waals surface area contributed by atoms with Crippen LogP contribution in [0.25, 0.3) is 0 Å². The summed E-state index contributed by atoms with van der Waals surface area (Å²) < 4.78 is 6.35. The third kappa shape index (κ3) is 3.23. The van der Waals surface area contributed by atoms with Crippen LogP contribution in [0.5, 0.6) is 0 Å². The summed E-state index contributed by atoms with van der Waals surface area (Å²) in [6, 6.07) is 4.34. The number of aliphatic hydroxyl groups is 1. The first kappa shape index (κ1) is 22.7. The van der Waals surface area contributed by atoms with Gasteiger partial charge in [0, 0.05) is 12.7 Å². The van der Waals surface area contributed by atoms with Gasteiger partial charge in [-0.1, -0.05) is 26.0 Å². The number of likely N-dealkylation sites (tertiary alicyclic amines) is 1. The van der Waals surface area contributed by atoms with Crippen LogP contribution in [0, 0.1) is 31.6 Å². The van der Waals surface area contributed by atoms with Gasteiger partial charge in [0.15, 0.2) is 0 Å². The maximum atomic E-state index is 13.8. The van der Waals surface area contributed by atoms with Gasteiger partial charge in [-0.3, -0.25) is 14.4 Å². The van der Waals surface area contributed by atoms with E-state index in [1.54, 1.807) is 7.05 Å². The van der Waals surface area contributed by atoms with Gasteiger partial charge in [-0.15, -0.1) is 0 Å². The van der Waals surface area contributed by atoms with Crippen molar-refractivity contribution in [1.29, 1.82) is 0 Å².